The van der Waals surface area contributed by atoms with Crippen LogP contribution < -0.4 is 10.4 Å². The molecule has 0 amide bonds. The van der Waals surface area contributed by atoms with Crippen molar-refractivity contribution in [2.45, 2.75) is 0 Å². The highest BCUT2D eigenvalue weighted by molar-refractivity contribution is 5.80. The van der Waals surface area contributed by atoms with Gasteiger partial charge in [0.25, 0.3) is 0 Å². The summed E-state index contributed by atoms with van der Waals surface area (Å²) >= 11 is 0. The Labute approximate surface area is 69.8 Å². The summed E-state index contributed by atoms with van der Waals surface area (Å²) in [6, 6.07) is 3.11. The molecule has 0 spiro atoms. The summed E-state index contributed by atoms with van der Waals surface area (Å²) in [6.45, 7) is 7.25. The summed E-state index contributed by atoms with van der Waals surface area (Å²) in [5.41, 5.74) is 0.955. The van der Waals surface area contributed by atoms with Crippen LogP contribution in [-0.2, 0) is 0 Å². The molecule has 0 atom stereocenters. The fourth-order valence-electron chi connectivity index (χ4n) is 0.947. The van der Waals surface area contributed by atoms with Crippen molar-refractivity contribution in [2.24, 2.45) is 0 Å². The molecule has 2 heteroatoms. The van der Waals surface area contributed by atoms with Gasteiger partial charge in [-0.3, -0.25) is 9.59 Å². The van der Waals surface area contributed by atoms with Crippen molar-refractivity contribution in [1.82, 2.24) is 0 Å². The SMILES string of the molecule is C=c1cc(C=O)c(=C)cc1C=O. The molecule has 0 aliphatic heterocycles. The maximum absolute atomic E-state index is 10.4. The molecule has 60 valence electrons. The number of carbonyl (C=O) groups excluding carboxylic acids is 2. The lowest BCUT2D eigenvalue weighted by molar-refractivity contribution is 0.111. The van der Waals surface area contributed by atoms with Crippen LogP contribution in [0.1, 0.15) is 20.7 Å². The van der Waals surface area contributed by atoms with Gasteiger partial charge in [-0.25, -0.2) is 0 Å². The highest BCUT2D eigenvalue weighted by atomic mass is 16.1. The van der Waals surface area contributed by atoms with Gasteiger partial charge in [0.1, 0.15) is 0 Å². The Kier molecular flexibility index (Phi) is 2.19. The van der Waals surface area contributed by atoms with E-state index < -0.39 is 0 Å². The highest BCUT2D eigenvalue weighted by Crippen LogP contribution is 1.84. The Morgan fingerprint density at radius 1 is 0.917 bits per heavy atom. The normalized spacial score (nSPS) is 9.33. The van der Waals surface area contributed by atoms with Gasteiger partial charge in [0, 0.05) is 11.1 Å². The van der Waals surface area contributed by atoms with Gasteiger partial charge >= 0.3 is 0 Å². The fraction of sp³-hybridized carbons (Fsp3) is 0. The molecule has 0 aliphatic rings. The van der Waals surface area contributed by atoms with E-state index in [4.69, 9.17) is 0 Å². The number of hydrogen-bond donors (Lipinski definition) is 0. The molecule has 0 N–H and O–H groups in total. The Balaban J connectivity index is 3.57. The van der Waals surface area contributed by atoms with Crippen LogP contribution in [-0.4, -0.2) is 12.6 Å². The second-order valence-corrected chi connectivity index (χ2v) is 2.49. The minimum absolute atomic E-state index is 0.477. The molecule has 0 saturated heterocycles. The smallest absolute Gasteiger partial charge is 0.150 e. The van der Waals surface area contributed by atoms with Crippen LogP contribution in [0.3, 0.4) is 0 Å². The molecule has 0 aromatic heterocycles. The van der Waals surface area contributed by atoms with Gasteiger partial charge in [-0.1, -0.05) is 13.2 Å². The first-order valence-electron chi connectivity index (χ1n) is 3.41. The molecule has 0 heterocycles. The number of rotatable bonds is 2. The van der Waals surface area contributed by atoms with Crippen molar-refractivity contribution in [1.29, 1.82) is 0 Å². The van der Waals surface area contributed by atoms with Gasteiger partial charge in [-0.15, -0.1) is 0 Å². The van der Waals surface area contributed by atoms with Crippen molar-refractivity contribution in [3.05, 3.63) is 33.7 Å². The van der Waals surface area contributed by atoms with Gasteiger partial charge in [0.2, 0.25) is 0 Å². The van der Waals surface area contributed by atoms with Crippen molar-refractivity contribution in [2.75, 3.05) is 0 Å². The Hall–Kier alpha value is -1.70. The van der Waals surface area contributed by atoms with Crippen molar-refractivity contribution >= 4 is 25.7 Å². The third-order valence-corrected chi connectivity index (χ3v) is 1.65. The van der Waals surface area contributed by atoms with Crippen LogP contribution in [0.15, 0.2) is 12.1 Å². The van der Waals surface area contributed by atoms with E-state index in [0.29, 0.717) is 34.1 Å². The van der Waals surface area contributed by atoms with E-state index in [2.05, 4.69) is 13.2 Å². The molecular formula is C10H8O2. The summed E-state index contributed by atoms with van der Waals surface area (Å²) in [4.78, 5) is 20.8. The van der Waals surface area contributed by atoms with E-state index in [1.54, 1.807) is 12.1 Å². The molecule has 0 fully saturated rings. The lowest BCUT2D eigenvalue weighted by Gasteiger charge is -1.94. The Morgan fingerprint density at radius 2 is 1.25 bits per heavy atom. The summed E-state index contributed by atoms with van der Waals surface area (Å²) in [6.07, 6.45) is 1.40. The van der Waals surface area contributed by atoms with Crippen LogP contribution in [0.25, 0.3) is 13.2 Å². The fourth-order valence-corrected chi connectivity index (χ4v) is 0.947. The Morgan fingerprint density at radius 3 is 1.50 bits per heavy atom. The molecule has 1 aromatic rings. The predicted molar refractivity (Wildman–Crippen MR) is 47.5 cm³/mol. The van der Waals surface area contributed by atoms with Gasteiger partial charge < -0.3 is 0 Å². The Bertz CT molecular complexity index is 376. The van der Waals surface area contributed by atoms with Gasteiger partial charge in [0.05, 0.1) is 0 Å². The summed E-state index contributed by atoms with van der Waals surface area (Å²) in [5.74, 6) is 0. The molecule has 12 heavy (non-hydrogen) atoms. The topological polar surface area (TPSA) is 34.1 Å². The molecule has 1 aromatic carbocycles. The second kappa shape index (κ2) is 3.13. The van der Waals surface area contributed by atoms with Crippen LogP contribution >= 0.6 is 0 Å². The lowest BCUT2D eigenvalue weighted by Crippen LogP contribution is -2.17. The first-order chi connectivity index (χ1) is 5.69. The third kappa shape index (κ3) is 1.32. The van der Waals surface area contributed by atoms with E-state index >= 15 is 0 Å². The first-order valence-corrected chi connectivity index (χ1v) is 3.41. The zero-order valence-electron chi connectivity index (χ0n) is 6.54. The van der Waals surface area contributed by atoms with Crippen molar-refractivity contribution < 1.29 is 9.59 Å². The maximum atomic E-state index is 10.4. The quantitative estimate of drug-likeness (QED) is 0.576. The molecule has 1 rings (SSSR count). The van der Waals surface area contributed by atoms with E-state index in [0.717, 1.165) is 0 Å². The average molecular weight is 160 g/mol. The summed E-state index contributed by atoms with van der Waals surface area (Å²) in [7, 11) is 0. The second-order valence-electron chi connectivity index (χ2n) is 2.49. The largest absolute Gasteiger partial charge is 0.298 e. The number of hydrogen-bond acceptors (Lipinski definition) is 2. The van der Waals surface area contributed by atoms with E-state index in [-0.39, 0.29) is 0 Å². The number of carbonyl (C=O) groups is 2. The minimum Gasteiger partial charge on any atom is -0.298 e. The van der Waals surface area contributed by atoms with Crippen LogP contribution in [0, 0.1) is 0 Å². The van der Waals surface area contributed by atoms with Gasteiger partial charge in [-0.2, -0.15) is 0 Å². The van der Waals surface area contributed by atoms with Crippen molar-refractivity contribution in [3.8, 4) is 0 Å². The monoisotopic (exact) mass is 160 g/mol. The summed E-state index contributed by atoms with van der Waals surface area (Å²) < 4.78 is 0. The standard InChI is InChI=1S/C10H8O2/c1-7-3-10(6-12)8(2)4-9(7)5-11/h3-6H,1-2H2. The van der Waals surface area contributed by atoms with E-state index in [1.807, 2.05) is 0 Å². The zero-order chi connectivity index (χ0) is 9.14. The molecule has 0 radical (unpaired) electrons. The molecule has 0 bridgehead atoms. The number of aldehydes is 2. The zero-order valence-corrected chi connectivity index (χ0v) is 6.54. The van der Waals surface area contributed by atoms with Gasteiger partial charge in [-0.05, 0) is 22.6 Å². The van der Waals surface area contributed by atoms with Crippen LogP contribution in [0.4, 0.5) is 0 Å². The summed E-state index contributed by atoms with van der Waals surface area (Å²) in [5, 5.41) is 1.11. The molecular weight excluding hydrogens is 152 g/mol. The van der Waals surface area contributed by atoms with Gasteiger partial charge in [0.15, 0.2) is 12.6 Å². The third-order valence-electron chi connectivity index (χ3n) is 1.65. The minimum atomic E-state index is 0.477. The molecule has 0 aliphatic carbocycles. The van der Waals surface area contributed by atoms with E-state index in [9.17, 15) is 9.59 Å². The highest BCUT2D eigenvalue weighted by Gasteiger charge is 1.95. The van der Waals surface area contributed by atoms with E-state index in [1.165, 1.54) is 0 Å². The number of benzene rings is 1. The average Bonchev–Trinajstić information content (AvgIpc) is 2.08. The molecule has 0 saturated carbocycles. The van der Waals surface area contributed by atoms with Crippen LogP contribution in [0.2, 0.25) is 0 Å². The van der Waals surface area contributed by atoms with Crippen molar-refractivity contribution in [3.63, 3.8) is 0 Å². The maximum Gasteiger partial charge on any atom is 0.150 e. The molecule has 2 nitrogen and oxygen atoms in total. The first kappa shape index (κ1) is 8.40. The molecule has 0 unspecified atom stereocenters. The lowest BCUT2D eigenvalue weighted by atomic mass is 10.1. The predicted octanol–water partition coefficient (Wildman–Crippen LogP) is 0.132. The van der Waals surface area contributed by atoms with Crippen LogP contribution in [0.5, 0.6) is 0 Å².